The number of nitrogens with one attached hydrogen (secondary N) is 1. The van der Waals surface area contributed by atoms with Gasteiger partial charge in [-0.15, -0.1) is 11.8 Å². The number of anilines is 2. The highest BCUT2D eigenvalue weighted by Crippen LogP contribution is 2.54. The van der Waals surface area contributed by atoms with Gasteiger partial charge in [-0.1, -0.05) is 35.4 Å². The maximum Gasteiger partial charge on any atom is 0.323 e. The third-order valence-corrected chi connectivity index (χ3v) is 7.74. The standard InChI is InChI=1S/C25H20ClF2N3O2S/c1-15-5-10-22-19(13-15)25(23(32)30(22)14-18-20(27)3-2-4-21(18)28)31(11-12-34-25)24(33)29-17-8-6-16(26)7-9-17/h2-10,13H,11-12,14H2,1H3,(H,29,33). The van der Waals surface area contributed by atoms with Gasteiger partial charge in [-0.2, -0.15) is 0 Å². The van der Waals surface area contributed by atoms with E-state index in [9.17, 15) is 18.4 Å². The van der Waals surface area contributed by atoms with E-state index in [2.05, 4.69) is 5.32 Å². The molecule has 3 amide bonds. The van der Waals surface area contributed by atoms with Crippen molar-refractivity contribution in [1.29, 1.82) is 0 Å². The number of thioether (sulfide) groups is 1. The monoisotopic (exact) mass is 499 g/mol. The minimum Gasteiger partial charge on any atom is -0.308 e. The summed E-state index contributed by atoms with van der Waals surface area (Å²) >= 11 is 7.29. The van der Waals surface area contributed by atoms with Crippen molar-refractivity contribution in [1.82, 2.24) is 4.90 Å². The van der Waals surface area contributed by atoms with Crippen LogP contribution in [0.3, 0.4) is 0 Å². The van der Waals surface area contributed by atoms with Crippen LogP contribution in [0.15, 0.2) is 60.7 Å². The molecule has 3 aromatic rings. The first kappa shape index (κ1) is 22.7. The van der Waals surface area contributed by atoms with Crippen molar-refractivity contribution in [3.05, 3.63) is 94.0 Å². The summed E-state index contributed by atoms with van der Waals surface area (Å²) in [7, 11) is 0. The molecule has 174 valence electrons. The maximum absolute atomic E-state index is 14.4. The van der Waals surface area contributed by atoms with Gasteiger partial charge in [-0.3, -0.25) is 9.69 Å². The van der Waals surface area contributed by atoms with Crippen LogP contribution in [-0.2, 0) is 16.2 Å². The van der Waals surface area contributed by atoms with Crippen molar-refractivity contribution < 1.29 is 18.4 Å². The van der Waals surface area contributed by atoms with Gasteiger partial charge in [-0.25, -0.2) is 13.6 Å². The molecule has 2 aliphatic heterocycles. The Bertz CT molecular complexity index is 1280. The number of carbonyl (C=O) groups is 2. The molecule has 5 rings (SSSR count). The van der Waals surface area contributed by atoms with E-state index in [0.29, 0.717) is 34.3 Å². The molecular weight excluding hydrogens is 480 g/mol. The number of urea groups is 1. The van der Waals surface area contributed by atoms with E-state index in [4.69, 9.17) is 11.6 Å². The second kappa shape index (κ2) is 8.60. The zero-order chi connectivity index (χ0) is 24.0. The van der Waals surface area contributed by atoms with E-state index < -0.39 is 28.4 Å². The predicted molar refractivity (Wildman–Crippen MR) is 130 cm³/mol. The van der Waals surface area contributed by atoms with Gasteiger partial charge in [0, 0.05) is 34.1 Å². The fourth-order valence-electron chi connectivity index (χ4n) is 4.45. The summed E-state index contributed by atoms with van der Waals surface area (Å²) in [5, 5.41) is 3.37. The lowest BCUT2D eigenvalue weighted by atomic mass is 10.0. The van der Waals surface area contributed by atoms with Gasteiger partial charge in [0.1, 0.15) is 11.6 Å². The van der Waals surface area contributed by atoms with E-state index >= 15 is 0 Å². The van der Waals surface area contributed by atoms with Crippen molar-refractivity contribution in [2.45, 2.75) is 18.3 Å². The Morgan fingerprint density at radius 3 is 2.53 bits per heavy atom. The number of aryl methyl sites for hydroxylation is 1. The van der Waals surface area contributed by atoms with E-state index in [0.717, 1.165) is 5.56 Å². The highest BCUT2D eigenvalue weighted by Gasteiger charge is 2.59. The quantitative estimate of drug-likeness (QED) is 0.487. The number of hydrogen-bond acceptors (Lipinski definition) is 3. The molecule has 1 spiro atoms. The number of rotatable bonds is 3. The Balaban J connectivity index is 1.55. The van der Waals surface area contributed by atoms with E-state index in [1.807, 2.05) is 19.1 Å². The van der Waals surface area contributed by atoms with Crippen LogP contribution in [0.5, 0.6) is 0 Å². The summed E-state index contributed by atoms with van der Waals surface area (Å²) < 4.78 is 28.9. The lowest BCUT2D eigenvalue weighted by molar-refractivity contribution is -0.123. The first-order valence-electron chi connectivity index (χ1n) is 10.7. The molecule has 9 heteroatoms. The molecule has 2 heterocycles. The third-order valence-electron chi connectivity index (χ3n) is 6.07. The molecule has 1 atom stereocenters. The first-order chi connectivity index (χ1) is 16.3. The van der Waals surface area contributed by atoms with E-state index in [-0.39, 0.29) is 12.1 Å². The smallest absolute Gasteiger partial charge is 0.308 e. The summed E-state index contributed by atoms with van der Waals surface area (Å²) in [5.74, 6) is -1.31. The Morgan fingerprint density at radius 1 is 1.12 bits per heavy atom. The molecule has 2 aliphatic rings. The van der Waals surface area contributed by atoms with Crippen molar-refractivity contribution in [2.24, 2.45) is 0 Å². The number of halogens is 3. The number of amides is 3. The van der Waals surface area contributed by atoms with Crippen molar-refractivity contribution in [3.8, 4) is 0 Å². The summed E-state index contributed by atoms with van der Waals surface area (Å²) in [6, 6.07) is 15.3. The topological polar surface area (TPSA) is 52.7 Å². The van der Waals surface area contributed by atoms with E-state index in [1.54, 1.807) is 30.3 Å². The summed E-state index contributed by atoms with van der Waals surface area (Å²) in [4.78, 5) is 28.9. The zero-order valence-electron chi connectivity index (χ0n) is 18.1. The highest BCUT2D eigenvalue weighted by molar-refractivity contribution is 8.01. The number of benzene rings is 3. The molecule has 1 saturated heterocycles. The third kappa shape index (κ3) is 3.61. The van der Waals surface area contributed by atoms with Crippen LogP contribution in [-0.4, -0.2) is 29.1 Å². The van der Waals surface area contributed by atoms with Crippen molar-refractivity contribution in [2.75, 3.05) is 22.5 Å². The number of carbonyl (C=O) groups excluding carboxylic acids is 2. The molecule has 34 heavy (non-hydrogen) atoms. The maximum atomic E-state index is 14.4. The molecule has 0 aliphatic carbocycles. The Kier molecular flexibility index (Phi) is 5.73. The van der Waals surface area contributed by atoms with Crippen LogP contribution in [0.1, 0.15) is 16.7 Å². The zero-order valence-corrected chi connectivity index (χ0v) is 19.7. The molecular formula is C25H20ClF2N3O2S. The average Bonchev–Trinajstić information content (AvgIpc) is 3.35. The Hall–Kier alpha value is -3.10. The molecule has 0 aromatic heterocycles. The van der Waals surface area contributed by atoms with Gasteiger partial charge in [-0.05, 0) is 49.4 Å². The van der Waals surface area contributed by atoms with Crippen LogP contribution in [0.4, 0.5) is 25.0 Å². The molecule has 5 nitrogen and oxygen atoms in total. The van der Waals surface area contributed by atoms with E-state index in [1.165, 1.54) is 39.8 Å². The van der Waals surface area contributed by atoms with Crippen LogP contribution in [0, 0.1) is 18.6 Å². The lowest BCUT2D eigenvalue weighted by Crippen LogP contribution is -2.51. The fraction of sp³-hybridized carbons (Fsp3) is 0.200. The van der Waals surface area contributed by atoms with Gasteiger partial charge >= 0.3 is 6.03 Å². The molecule has 0 radical (unpaired) electrons. The van der Waals surface area contributed by atoms with Crippen LogP contribution in [0.2, 0.25) is 5.02 Å². The summed E-state index contributed by atoms with van der Waals surface area (Å²) in [5.41, 5.74) is 2.44. The molecule has 1 fully saturated rings. The molecule has 1 unspecified atom stereocenters. The highest BCUT2D eigenvalue weighted by atomic mass is 35.5. The first-order valence-corrected chi connectivity index (χ1v) is 12.0. The van der Waals surface area contributed by atoms with Gasteiger partial charge in [0.15, 0.2) is 4.87 Å². The van der Waals surface area contributed by atoms with Crippen molar-refractivity contribution >= 4 is 46.7 Å². The number of hydrogen-bond donors (Lipinski definition) is 1. The summed E-state index contributed by atoms with van der Waals surface area (Å²) in [6.45, 7) is 1.96. The van der Waals surface area contributed by atoms with Crippen LogP contribution < -0.4 is 10.2 Å². The summed E-state index contributed by atoms with van der Waals surface area (Å²) in [6.07, 6.45) is 0. The molecule has 0 saturated carbocycles. The van der Waals surface area contributed by atoms with Gasteiger partial charge in [0.05, 0.1) is 12.2 Å². The number of fused-ring (bicyclic) bond motifs is 2. The average molecular weight is 500 g/mol. The Labute approximate surface area is 204 Å². The van der Waals surface area contributed by atoms with Crippen LogP contribution in [0.25, 0.3) is 0 Å². The largest absolute Gasteiger partial charge is 0.323 e. The Morgan fingerprint density at radius 2 is 1.82 bits per heavy atom. The van der Waals surface area contributed by atoms with Gasteiger partial charge < -0.3 is 10.2 Å². The second-order valence-corrected chi connectivity index (χ2v) is 9.92. The SMILES string of the molecule is Cc1ccc2c(c1)C1(SCCN1C(=O)Nc1ccc(Cl)cc1)C(=O)N2Cc1c(F)cccc1F. The minimum absolute atomic E-state index is 0.195. The molecule has 3 aromatic carbocycles. The fourth-order valence-corrected chi connectivity index (χ4v) is 6.03. The molecule has 0 bridgehead atoms. The molecule has 1 N–H and O–H groups in total. The van der Waals surface area contributed by atoms with Crippen LogP contribution >= 0.6 is 23.4 Å². The van der Waals surface area contributed by atoms with Gasteiger partial charge in [0.2, 0.25) is 0 Å². The second-order valence-electron chi connectivity index (χ2n) is 8.19. The van der Waals surface area contributed by atoms with Gasteiger partial charge in [0.25, 0.3) is 5.91 Å². The van der Waals surface area contributed by atoms with Crippen molar-refractivity contribution in [3.63, 3.8) is 0 Å². The lowest BCUT2D eigenvalue weighted by Gasteiger charge is -2.33. The normalized spacial score (nSPS) is 19.1. The minimum atomic E-state index is -1.32. The number of nitrogens with zero attached hydrogens (tertiary/aromatic N) is 2. The predicted octanol–water partition coefficient (Wildman–Crippen LogP) is 5.91.